The number of allylic oxidation sites excluding steroid dienone is 1. The molecule has 2 N–H and O–H groups in total. The van der Waals surface area contributed by atoms with Crippen LogP contribution in [-0.2, 0) is 0 Å². The molecule has 0 amide bonds. The molecule has 0 fully saturated rings. The van der Waals surface area contributed by atoms with Crippen LogP contribution in [-0.4, -0.2) is 16.7 Å². The van der Waals surface area contributed by atoms with Crippen LogP contribution in [0.4, 0.5) is 0 Å². The van der Waals surface area contributed by atoms with Crippen molar-refractivity contribution < 1.29 is 4.52 Å². The fraction of sp³-hybridized carbons (Fsp3) is 0.263. The molecule has 2 heterocycles. The lowest BCUT2D eigenvalue weighted by Crippen LogP contribution is -1.98. The number of nitrogens with zero attached hydrogens (tertiary/aromatic N) is 2. The molecule has 1 aromatic carbocycles. The molecular formula is C19H21N3OS. The molecule has 24 heavy (non-hydrogen) atoms. The normalized spacial score (nSPS) is 11.8. The zero-order valence-corrected chi connectivity index (χ0v) is 14.6. The Morgan fingerprint density at radius 1 is 1.25 bits per heavy atom. The second-order valence-corrected chi connectivity index (χ2v) is 6.68. The van der Waals surface area contributed by atoms with E-state index >= 15 is 0 Å². The Hall–Kier alpha value is -2.24. The minimum Gasteiger partial charge on any atom is -0.334 e. The third-order valence-corrected chi connectivity index (χ3v) is 4.59. The van der Waals surface area contributed by atoms with E-state index in [9.17, 15) is 0 Å². The summed E-state index contributed by atoms with van der Waals surface area (Å²) in [5.74, 6) is 1.24. The Kier molecular flexibility index (Phi) is 5.56. The van der Waals surface area contributed by atoms with Gasteiger partial charge < -0.3 is 10.3 Å². The summed E-state index contributed by atoms with van der Waals surface area (Å²) in [6, 6.07) is 12.4. The lowest BCUT2D eigenvalue weighted by molar-refractivity contribution is 0.407. The topological polar surface area (TPSA) is 64.9 Å². The molecule has 124 valence electrons. The summed E-state index contributed by atoms with van der Waals surface area (Å²) in [5.41, 5.74) is 9.06. The van der Waals surface area contributed by atoms with E-state index in [0.29, 0.717) is 18.3 Å². The van der Waals surface area contributed by atoms with Crippen LogP contribution in [0.5, 0.6) is 0 Å². The predicted octanol–water partition coefficient (Wildman–Crippen LogP) is 4.78. The summed E-state index contributed by atoms with van der Waals surface area (Å²) < 4.78 is 5.53. The lowest BCUT2D eigenvalue weighted by Gasteiger charge is -2.03. The smallest absolute Gasteiger partial charge is 0.254 e. The average Bonchev–Trinajstić information content (AvgIpc) is 3.25. The highest BCUT2D eigenvalue weighted by molar-refractivity contribution is 7.13. The maximum absolute atomic E-state index is 5.62. The van der Waals surface area contributed by atoms with Gasteiger partial charge in [-0.25, -0.2) is 0 Å². The SMILES string of the molecule is Cc1cccc(/C=C(\CCCCN)c2nc(-c3cccs3)no2)c1. The number of rotatable bonds is 7. The molecule has 0 bridgehead atoms. The molecule has 0 spiro atoms. The molecular weight excluding hydrogens is 318 g/mol. The largest absolute Gasteiger partial charge is 0.334 e. The van der Waals surface area contributed by atoms with E-state index in [0.717, 1.165) is 35.3 Å². The molecule has 4 nitrogen and oxygen atoms in total. The summed E-state index contributed by atoms with van der Waals surface area (Å²) in [7, 11) is 0. The van der Waals surface area contributed by atoms with Gasteiger partial charge in [0.25, 0.3) is 5.89 Å². The number of aromatic nitrogens is 2. The number of benzene rings is 1. The molecule has 3 rings (SSSR count). The first-order valence-corrected chi connectivity index (χ1v) is 8.99. The monoisotopic (exact) mass is 339 g/mol. The molecule has 0 saturated carbocycles. The molecule has 0 aliphatic heterocycles. The predicted molar refractivity (Wildman–Crippen MR) is 99.6 cm³/mol. The summed E-state index contributed by atoms with van der Waals surface area (Å²) in [4.78, 5) is 5.60. The third-order valence-electron chi connectivity index (χ3n) is 3.73. The quantitative estimate of drug-likeness (QED) is 0.629. The van der Waals surface area contributed by atoms with Crippen LogP contribution < -0.4 is 5.73 Å². The standard InChI is InChI=1S/C19H21N3OS/c1-14-6-4-7-15(12-14)13-16(8-2-3-10-20)19-21-18(22-23-19)17-9-5-11-24-17/h4-7,9,11-13H,2-3,8,10,20H2,1H3/b16-13+. The zero-order valence-electron chi connectivity index (χ0n) is 13.7. The highest BCUT2D eigenvalue weighted by Gasteiger charge is 2.13. The van der Waals surface area contributed by atoms with Gasteiger partial charge in [0.1, 0.15) is 0 Å². The van der Waals surface area contributed by atoms with E-state index in [1.165, 1.54) is 5.56 Å². The minimum absolute atomic E-state index is 0.594. The van der Waals surface area contributed by atoms with Crippen LogP contribution in [0.3, 0.4) is 0 Å². The van der Waals surface area contributed by atoms with E-state index < -0.39 is 0 Å². The van der Waals surface area contributed by atoms with Crippen molar-refractivity contribution in [2.24, 2.45) is 5.73 Å². The van der Waals surface area contributed by atoms with E-state index in [1.54, 1.807) is 11.3 Å². The van der Waals surface area contributed by atoms with Crippen molar-refractivity contribution in [1.29, 1.82) is 0 Å². The summed E-state index contributed by atoms with van der Waals surface area (Å²) in [5, 5.41) is 6.14. The van der Waals surface area contributed by atoms with Gasteiger partial charge in [-0.2, -0.15) is 4.98 Å². The molecule has 5 heteroatoms. The van der Waals surface area contributed by atoms with Crippen molar-refractivity contribution >= 4 is 23.0 Å². The third kappa shape index (κ3) is 4.19. The van der Waals surface area contributed by atoms with Crippen LogP contribution in [0.2, 0.25) is 0 Å². The summed E-state index contributed by atoms with van der Waals surface area (Å²) in [6.45, 7) is 2.79. The molecule has 0 atom stereocenters. The summed E-state index contributed by atoms with van der Waals surface area (Å²) in [6.07, 6.45) is 4.99. The molecule has 0 aliphatic carbocycles. The highest BCUT2D eigenvalue weighted by Crippen LogP contribution is 2.27. The second kappa shape index (κ2) is 8.04. The fourth-order valence-corrected chi connectivity index (χ4v) is 3.17. The van der Waals surface area contributed by atoms with Gasteiger partial charge >= 0.3 is 0 Å². The van der Waals surface area contributed by atoms with Crippen molar-refractivity contribution in [3.8, 4) is 10.7 Å². The molecule has 0 aliphatic rings. The van der Waals surface area contributed by atoms with Gasteiger partial charge in [-0.05, 0) is 55.8 Å². The van der Waals surface area contributed by atoms with Gasteiger partial charge in [0, 0.05) is 5.57 Å². The van der Waals surface area contributed by atoms with Crippen molar-refractivity contribution in [2.75, 3.05) is 6.54 Å². The average molecular weight is 339 g/mol. The molecule has 0 unspecified atom stereocenters. The van der Waals surface area contributed by atoms with Crippen molar-refractivity contribution in [1.82, 2.24) is 10.1 Å². The maximum Gasteiger partial charge on any atom is 0.254 e. The number of thiophene rings is 1. The van der Waals surface area contributed by atoms with Crippen molar-refractivity contribution in [3.63, 3.8) is 0 Å². The summed E-state index contributed by atoms with van der Waals surface area (Å²) >= 11 is 1.61. The minimum atomic E-state index is 0.594. The van der Waals surface area contributed by atoms with Crippen molar-refractivity contribution in [2.45, 2.75) is 26.2 Å². The van der Waals surface area contributed by atoms with E-state index in [2.05, 4.69) is 47.4 Å². The number of hydrogen-bond donors (Lipinski definition) is 1. The van der Waals surface area contributed by atoms with Gasteiger partial charge in [0.2, 0.25) is 5.82 Å². The Morgan fingerprint density at radius 3 is 2.92 bits per heavy atom. The van der Waals surface area contributed by atoms with Crippen LogP contribution >= 0.6 is 11.3 Å². The molecule has 2 aromatic heterocycles. The maximum atomic E-state index is 5.62. The van der Waals surface area contributed by atoms with Gasteiger partial charge in [-0.15, -0.1) is 11.3 Å². The number of aryl methyl sites for hydroxylation is 1. The zero-order chi connectivity index (χ0) is 16.8. The van der Waals surface area contributed by atoms with Crippen molar-refractivity contribution in [3.05, 3.63) is 58.8 Å². The van der Waals surface area contributed by atoms with Gasteiger partial charge in [-0.3, -0.25) is 0 Å². The Bertz CT molecular complexity index is 806. The Morgan fingerprint density at radius 2 is 2.17 bits per heavy atom. The van der Waals surface area contributed by atoms with Crippen LogP contribution in [0.15, 0.2) is 46.3 Å². The fourth-order valence-electron chi connectivity index (χ4n) is 2.52. The van der Waals surface area contributed by atoms with E-state index in [-0.39, 0.29) is 0 Å². The lowest BCUT2D eigenvalue weighted by atomic mass is 10.0. The number of hydrogen-bond acceptors (Lipinski definition) is 5. The molecule has 3 aromatic rings. The van der Waals surface area contributed by atoms with E-state index in [4.69, 9.17) is 10.3 Å². The molecule has 0 saturated heterocycles. The van der Waals surface area contributed by atoms with Crippen LogP contribution in [0.1, 0.15) is 36.3 Å². The first-order chi connectivity index (χ1) is 11.8. The van der Waals surface area contributed by atoms with Gasteiger partial charge in [-0.1, -0.05) is 41.1 Å². The molecule has 0 radical (unpaired) electrons. The second-order valence-electron chi connectivity index (χ2n) is 5.73. The number of unbranched alkanes of at least 4 members (excludes halogenated alkanes) is 1. The van der Waals surface area contributed by atoms with E-state index in [1.807, 2.05) is 17.5 Å². The first-order valence-electron chi connectivity index (χ1n) is 8.11. The Balaban J connectivity index is 1.89. The first kappa shape index (κ1) is 16.6. The van der Waals surface area contributed by atoms with Gasteiger partial charge in [0.05, 0.1) is 4.88 Å². The number of nitrogens with two attached hydrogens (primary N) is 1. The van der Waals surface area contributed by atoms with Crippen LogP contribution in [0.25, 0.3) is 22.4 Å². The van der Waals surface area contributed by atoms with Crippen LogP contribution in [0, 0.1) is 6.92 Å². The Labute approximate surface area is 146 Å². The highest BCUT2D eigenvalue weighted by atomic mass is 32.1. The van der Waals surface area contributed by atoms with Gasteiger partial charge in [0.15, 0.2) is 0 Å².